The third kappa shape index (κ3) is 3.82. The van der Waals surface area contributed by atoms with Crippen LogP contribution in [0.25, 0.3) is 10.9 Å². The molecule has 1 aromatic heterocycles. The standard InChI is InChI=1S/C23H29N5O/c24-13-16-3-8-21-20(12-16)23(26-15-25-21)27-18-4-6-19(7-5-18)28-10-1-2-17-14-29-11-9-22(17)28/h3,8,12,15,17-19,22H,1-2,4-7,9-11,14H2,(H,25,26,27). The van der Waals surface area contributed by atoms with Gasteiger partial charge in [-0.1, -0.05) is 0 Å². The Bertz CT molecular complexity index is 900. The zero-order valence-corrected chi connectivity index (χ0v) is 16.9. The van der Waals surface area contributed by atoms with Crippen LogP contribution in [0.4, 0.5) is 5.82 Å². The quantitative estimate of drug-likeness (QED) is 0.859. The van der Waals surface area contributed by atoms with E-state index in [0.29, 0.717) is 17.6 Å². The Morgan fingerprint density at radius 3 is 2.86 bits per heavy atom. The van der Waals surface area contributed by atoms with Gasteiger partial charge in [-0.15, -0.1) is 0 Å². The molecule has 0 radical (unpaired) electrons. The van der Waals surface area contributed by atoms with Crippen molar-refractivity contribution < 1.29 is 4.74 Å². The smallest absolute Gasteiger partial charge is 0.137 e. The van der Waals surface area contributed by atoms with Crippen LogP contribution in [0.5, 0.6) is 0 Å². The summed E-state index contributed by atoms with van der Waals surface area (Å²) in [6, 6.07) is 9.71. The van der Waals surface area contributed by atoms with Crippen molar-refractivity contribution in [1.82, 2.24) is 14.9 Å². The molecule has 6 heteroatoms. The first-order valence-electron chi connectivity index (χ1n) is 11.1. The van der Waals surface area contributed by atoms with Crippen molar-refractivity contribution in [3.63, 3.8) is 0 Å². The Morgan fingerprint density at radius 2 is 2.00 bits per heavy atom. The molecule has 0 bridgehead atoms. The van der Waals surface area contributed by atoms with E-state index in [1.165, 1.54) is 51.5 Å². The topological polar surface area (TPSA) is 74.1 Å². The van der Waals surface area contributed by atoms with Crippen molar-refractivity contribution in [3.05, 3.63) is 30.1 Å². The molecule has 2 aromatic rings. The number of nitrogens with one attached hydrogen (secondary N) is 1. The maximum Gasteiger partial charge on any atom is 0.137 e. The Labute approximate surface area is 172 Å². The summed E-state index contributed by atoms with van der Waals surface area (Å²) in [6.07, 6.45) is 10.3. The summed E-state index contributed by atoms with van der Waals surface area (Å²) < 4.78 is 5.74. The van der Waals surface area contributed by atoms with Crippen molar-refractivity contribution in [2.75, 3.05) is 25.1 Å². The van der Waals surface area contributed by atoms with Gasteiger partial charge in [0, 0.05) is 30.1 Å². The highest BCUT2D eigenvalue weighted by Crippen LogP contribution is 2.35. The fourth-order valence-corrected chi connectivity index (χ4v) is 5.64. The van der Waals surface area contributed by atoms with Crippen LogP contribution in [-0.2, 0) is 4.74 Å². The van der Waals surface area contributed by atoms with Crippen molar-refractivity contribution in [2.24, 2.45) is 5.92 Å². The fourth-order valence-electron chi connectivity index (χ4n) is 5.64. The van der Waals surface area contributed by atoms with Gasteiger partial charge < -0.3 is 10.1 Å². The van der Waals surface area contributed by atoms with Gasteiger partial charge in [-0.3, -0.25) is 4.90 Å². The Kier molecular flexibility index (Phi) is 5.34. The first-order valence-corrected chi connectivity index (χ1v) is 11.1. The molecular formula is C23H29N5O. The van der Waals surface area contributed by atoms with Crippen LogP contribution in [0.3, 0.4) is 0 Å². The number of nitrogens with zero attached hydrogens (tertiary/aromatic N) is 4. The van der Waals surface area contributed by atoms with Crippen LogP contribution in [0.1, 0.15) is 50.5 Å². The van der Waals surface area contributed by atoms with Gasteiger partial charge >= 0.3 is 0 Å². The first-order chi connectivity index (χ1) is 14.3. The molecule has 6 nitrogen and oxygen atoms in total. The molecule has 3 heterocycles. The van der Waals surface area contributed by atoms with Crippen LogP contribution in [0.15, 0.2) is 24.5 Å². The van der Waals surface area contributed by atoms with E-state index in [9.17, 15) is 5.26 Å². The van der Waals surface area contributed by atoms with E-state index in [0.717, 1.165) is 41.9 Å². The average molecular weight is 392 g/mol. The summed E-state index contributed by atoms with van der Waals surface area (Å²) in [7, 11) is 0. The summed E-state index contributed by atoms with van der Waals surface area (Å²) in [5.41, 5.74) is 1.53. The number of likely N-dealkylation sites (tertiary alicyclic amines) is 1. The van der Waals surface area contributed by atoms with Crippen molar-refractivity contribution >= 4 is 16.7 Å². The molecule has 3 fully saturated rings. The lowest BCUT2D eigenvalue weighted by Gasteiger charge is -2.49. The van der Waals surface area contributed by atoms with E-state index in [1.807, 2.05) is 18.2 Å². The van der Waals surface area contributed by atoms with E-state index in [4.69, 9.17) is 4.74 Å². The molecule has 1 saturated carbocycles. The van der Waals surface area contributed by atoms with E-state index in [1.54, 1.807) is 6.33 Å². The van der Waals surface area contributed by atoms with Crippen LogP contribution >= 0.6 is 0 Å². The van der Waals surface area contributed by atoms with E-state index >= 15 is 0 Å². The molecule has 1 aromatic carbocycles. The first kappa shape index (κ1) is 18.8. The van der Waals surface area contributed by atoms with Gasteiger partial charge in [-0.2, -0.15) is 5.26 Å². The number of piperidine rings is 1. The second kappa shape index (κ2) is 8.25. The SMILES string of the molecule is N#Cc1ccc2ncnc(NC3CCC(N4CCCC5COCCC54)CC3)c2c1. The molecular weight excluding hydrogens is 362 g/mol. The number of nitriles is 1. The predicted octanol–water partition coefficient (Wildman–Crippen LogP) is 3.73. The molecule has 1 N–H and O–H groups in total. The predicted molar refractivity (Wildman–Crippen MR) is 113 cm³/mol. The van der Waals surface area contributed by atoms with Gasteiger partial charge in [0.1, 0.15) is 12.1 Å². The summed E-state index contributed by atoms with van der Waals surface area (Å²) in [5.74, 6) is 1.60. The summed E-state index contributed by atoms with van der Waals surface area (Å²) >= 11 is 0. The highest BCUT2D eigenvalue weighted by molar-refractivity contribution is 5.89. The Hall–Kier alpha value is -2.23. The second-order valence-corrected chi connectivity index (χ2v) is 8.79. The normalized spacial score (nSPS) is 30.4. The minimum absolute atomic E-state index is 0.436. The summed E-state index contributed by atoms with van der Waals surface area (Å²) in [4.78, 5) is 11.7. The highest BCUT2D eigenvalue weighted by Gasteiger charge is 2.38. The lowest BCUT2D eigenvalue weighted by molar-refractivity contribution is -0.0563. The van der Waals surface area contributed by atoms with Gasteiger partial charge in [0.05, 0.1) is 23.8 Å². The molecule has 3 aliphatic rings. The van der Waals surface area contributed by atoms with E-state index < -0.39 is 0 Å². The molecule has 2 atom stereocenters. The highest BCUT2D eigenvalue weighted by atomic mass is 16.5. The molecule has 2 saturated heterocycles. The number of aromatic nitrogens is 2. The zero-order valence-electron chi connectivity index (χ0n) is 16.9. The van der Waals surface area contributed by atoms with Crippen molar-refractivity contribution in [2.45, 2.75) is 63.1 Å². The lowest BCUT2D eigenvalue weighted by Crippen LogP contribution is -2.54. The number of hydrogen-bond donors (Lipinski definition) is 1. The number of anilines is 1. The minimum Gasteiger partial charge on any atom is -0.381 e. The molecule has 152 valence electrons. The van der Waals surface area contributed by atoms with Gasteiger partial charge in [-0.25, -0.2) is 9.97 Å². The monoisotopic (exact) mass is 391 g/mol. The number of fused-ring (bicyclic) bond motifs is 2. The maximum atomic E-state index is 9.22. The van der Waals surface area contributed by atoms with Crippen LogP contribution in [-0.4, -0.2) is 52.8 Å². The summed E-state index contributed by atoms with van der Waals surface area (Å²) in [6.45, 7) is 3.15. The molecule has 29 heavy (non-hydrogen) atoms. The molecule has 0 spiro atoms. The number of benzene rings is 1. The maximum absolute atomic E-state index is 9.22. The van der Waals surface area contributed by atoms with Gasteiger partial charge in [-0.05, 0) is 75.6 Å². The Balaban J connectivity index is 1.25. The Morgan fingerprint density at radius 1 is 1.10 bits per heavy atom. The average Bonchev–Trinajstić information content (AvgIpc) is 2.79. The van der Waals surface area contributed by atoms with Crippen LogP contribution in [0, 0.1) is 17.2 Å². The van der Waals surface area contributed by atoms with Gasteiger partial charge in [0.2, 0.25) is 0 Å². The lowest BCUT2D eigenvalue weighted by atomic mass is 9.82. The molecule has 5 rings (SSSR count). The molecule has 2 aliphatic heterocycles. The molecule has 0 amide bonds. The van der Waals surface area contributed by atoms with Crippen molar-refractivity contribution in [1.29, 1.82) is 5.26 Å². The zero-order chi connectivity index (χ0) is 19.6. The summed E-state index contributed by atoms with van der Waals surface area (Å²) in [5, 5.41) is 13.8. The van der Waals surface area contributed by atoms with E-state index in [-0.39, 0.29) is 0 Å². The molecule has 1 aliphatic carbocycles. The fraction of sp³-hybridized carbons (Fsp3) is 0.609. The van der Waals surface area contributed by atoms with Crippen molar-refractivity contribution in [3.8, 4) is 6.07 Å². The third-order valence-electron chi connectivity index (χ3n) is 7.12. The van der Waals surface area contributed by atoms with E-state index in [2.05, 4.69) is 26.3 Å². The number of hydrogen-bond acceptors (Lipinski definition) is 6. The van der Waals surface area contributed by atoms with Crippen LogP contribution < -0.4 is 5.32 Å². The number of ether oxygens (including phenoxy) is 1. The largest absolute Gasteiger partial charge is 0.381 e. The van der Waals surface area contributed by atoms with Crippen LogP contribution in [0.2, 0.25) is 0 Å². The molecule has 2 unspecified atom stereocenters. The third-order valence-corrected chi connectivity index (χ3v) is 7.12. The van der Waals surface area contributed by atoms with Gasteiger partial charge in [0.15, 0.2) is 0 Å². The van der Waals surface area contributed by atoms with Gasteiger partial charge in [0.25, 0.3) is 0 Å². The second-order valence-electron chi connectivity index (χ2n) is 8.79. The minimum atomic E-state index is 0.436. The number of rotatable bonds is 3.